The monoisotopic (exact) mass is 196 g/mol. The summed E-state index contributed by atoms with van der Waals surface area (Å²) >= 11 is 0. The van der Waals surface area contributed by atoms with Gasteiger partial charge >= 0.3 is 0 Å². The van der Waals surface area contributed by atoms with Gasteiger partial charge in [0.15, 0.2) is 5.82 Å². The molecule has 1 heterocycles. The first-order chi connectivity index (χ1) is 7.43. The van der Waals surface area contributed by atoms with Crippen LogP contribution in [0.3, 0.4) is 0 Å². The highest BCUT2D eigenvalue weighted by atomic mass is 14.9. The molecule has 1 fully saturated rings. The van der Waals surface area contributed by atoms with Gasteiger partial charge in [0, 0.05) is 18.0 Å². The number of aromatic nitrogens is 2. The van der Waals surface area contributed by atoms with Gasteiger partial charge in [-0.15, -0.1) is 0 Å². The predicted molar refractivity (Wildman–Crippen MR) is 59.4 cm³/mol. The van der Waals surface area contributed by atoms with Gasteiger partial charge in [0.25, 0.3) is 0 Å². The lowest BCUT2D eigenvalue weighted by atomic mass is 10.2. The van der Waals surface area contributed by atoms with Crippen LogP contribution >= 0.6 is 0 Å². The molecule has 2 aromatic rings. The Morgan fingerprint density at radius 3 is 2.20 bits per heavy atom. The van der Waals surface area contributed by atoms with E-state index in [2.05, 4.69) is 9.97 Å². The largest absolute Gasteiger partial charge is 0.236 e. The summed E-state index contributed by atoms with van der Waals surface area (Å²) in [6, 6.07) is 10.1. The van der Waals surface area contributed by atoms with Crippen molar-refractivity contribution in [1.29, 1.82) is 0 Å². The minimum atomic E-state index is 0.731. The molecular weight excluding hydrogens is 184 g/mol. The second-order valence-corrected chi connectivity index (χ2v) is 3.98. The van der Waals surface area contributed by atoms with Crippen LogP contribution in [0.2, 0.25) is 0 Å². The summed E-state index contributed by atoms with van der Waals surface area (Å²) in [4.78, 5) is 8.80. The Morgan fingerprint density at radius 1 is 0.933 bits per heavy atom. The Kier molecular flexibility index (Phi) is 1.98. The molecule has 2 nitrogen and oxygen atoms in total. The van der Waals surface area contributed by atoms with Gasteiger partial charge in [-0.05, 0) is 24.3 Å². The van der Waals surface area contributed by atoms with Crippen molar-refractivity contribution in [1.82, 2.24) is 9.97 Å². The number of rotatable bonds is 2. The van der Waals surface area contributed by atoms with Gasteiger partial charge in [-0.1, -0.05) is 30.3 Å². The first-order valence-corrected chi connectivity index (χ1v) is 5.31. The van der Waals surface area contributed by atoms with Crippen LogP contribution in [0.4, 0.5) is 0 Å². The second kappa shape index (κ2) is 3.46. The van der Waals surface area contributed by atoms with Crippen LogP contribution in [-0.4, -0.2) is 9.97 Å². The van der Waals surface area contributed by atoms with Crippen molar-refractivity contribution in [3.8, 4) is 11.4 Å². The molecular formula is C13H12N2. The Hall–Kier alpha value is -1.70. The molecule has 0 atom stereocenters. The lowest BCUT2D eigenvalue weighted by Gasteiger charge is -2.00. The summed E-state index contributed by atoms with van der Waals surface area (Å²) in [5.41, 5.74) is 2.37. The third-order valence-electron chi connectivity index (χ3n) is 2.75. The van der Waals surface area contributed by atoms with Gasteiger partial charge in [-0.25, -0.2) is 9.97 Å². The van der Waals surface area contributed by atoms with E-state index >= 15 is 0 Å². The van der Waals surface area contributed by atoms with Crippen molar-refractivity contribution in [3.63, 3.8) is 0 Å². The van der Waals surface area contributed by atoms with E-state index in [0.29, 0.717) is 0 Å². The molecule has 15 heavy (non-hydrogen) atoms. The van der Waals surface area contributed by atoms with E-state index in [9.17, 15) is 0 Å². The van der Waals surface area contributed by atoms with E-state index in [4.69, 9.17) is 0 Å². The summed E-state index contributed by atoms with van der Waals surface area (Å²) in [5.74, 6) is 1.55. The molecule has 1 aliphatic rings. The van der Waals surface area contributed by atoms with Crippen LogP contribution in [0.1, 0.15) is 24.3 Å². The second-order valence-electron chi connectivity index (χ2n) is 3.98. The van der Waals surface area contributed by atoms with E-state index < -0.39 is 0 Å². The number of nitrogens with zero attached hydrogens (tertiary/aromatic N) is 2. The third kappa shape index (κ3) is 1.75. The molecule has 1 aromatic carbocycles. The number of hydrogen-bond acceptors (Lipinski definition) is 2. The predicted octanol–water partition coefficient (Wildman–Crippen LogP) is 3.02. The molecule has 1 aromatic heterocycles. The quantitative estimate of drug-likeness (QED) is 0.737. The van der Waals surface area contributed by atoms with E-state index in [-0.39, 0.29) is 0 Å². The molecule has 0 amide bonds. The van der Waals surface area contributed by atoms with Gasteiger partial charge in [-0.3, -0.25) is 0 Å². The Morgan fingerprint density at radius 2 is 1.60 bits per heavy atom. The maximum atomic E-state index is 4.40. The molecule has 0 saturated heterocycles. The molecule has 0 radical (unpaired) electrons. The van der Waals surface area contributed by atoms with Crippen molar-refractivity contribution in [2.45, 2.75) is 18.8 Å². The molecule has 0 bridgehead atoms. The third-order valence-corrected chi connectivity index (χ3v) is 2.75. The summed E-state index contributed by atoms with van der Waals surface area (Å²) < 4.78 is 0. The Bertz CT molecular complexity index is 444. The molecule has 2 heteroatoms. The van der Waals surface area contributed by atoms with E-state index in [1.165, 1.54) is 18.4 Å². The SMILES string of the molecule is c1ccc(-c2ncc(C3CC3)cn2)cc1. The molecule has 3 rings (SSSR count). The zero-order valence-corrected chi connectivity index (χ0v) is 8.43. The zero-order chi connectivity index (χ0) is 10.1. The van der Waals surface area contributed by atoms with Crippen LogP contribution in [-0.2, 0) is 0 Å². The topological polar surface area (TPSA) is 25.8 Å². The average Bonchev–Trinajstić information content (AvgIpc) is 3.15. The lowest BCUT2D eigenvalue weighted by Crippen LogP contribution is -1.90. The van der Waals surface area contributed by atoms with Crippen molar-refractivity contribution in [3.05, 3.63) is 48.3 Å². The van der Waals surface area contributed by atoms with E-state index in [0.717, 1.165) is 17.3 Å². The van der Waals surface area contributed by atoms with Crippen LogP contribution in [0, 0.1) is 0 Å². The van der Waals surface area contributed by atoms with Gasteiger partial charge in [-0.2, -0.15) is 0 Å². The maximum absolute atomic E-state index is 4.40. The average molecular weight is 196 g/mol. The highest BCUT2D eigenvalue weighted by Gasteiger charge is 2.23. The fourth-order valence-corrected chi connectivity index (χ4v) is 1.70. The van der Waals surface area contributed by atoms with E-state index in [1.807, 2.05) is 42.7 Å². The van der Waals surface area contributed by atoms with Crippen LogP contribution in [0.15, 0.2) is 42.7 Å². The molecule has 0 aliphatic heterocycles. The van der Waals surface area contributed by atoms with Crippen LogP contribution in [0.25, 0.3) is 11.4 Å². The smallest absolute Gasteiger partial charge is 0.159 e. The van der Waals surface area contributed by atoms with Crippen molar-refractivity contribution in [2.75, 3.05) is 0 Å². The van der Waals surface area contributed by atoms with Gasteiger partial charge in [0.2, 0.25) is 0 Å². The molecule has 0 spiro atoms. The Balaban J connectivity index is 1.93. The zero-order valence-electron chi connectivity index (χ0n) is 8.43. The van der Waals surface area contributed by atoms with Crippen molar-refractivity contribution < 1.29 is 0 Å². The number of hydrogen-bond donors (Lipinski definition) is 0. The van der Waals surface area contributed by atoms with Gasteiger partial charge < -0.3 is 0 Å². The first-order valence-electron chi connectivity index (χ1n) is 5.31. The molecule has 1 saturated carbocycles. The lowest BCUT2D eigenvalue weighted by molar-refractivity contribution is 1.04. The maximum Gasteiger partial charge on any atom is 0.159 e. The fourth-order valence-electron chi connectivity index (χ4n) is 1.70. The molecule has 1 aliphatic carbocycles. The number of benzene rings is 1. The minimum Gasteiger partial charge on any atom is -0.236 e. The van der Waals surface area contributed by atoms with Crippen LogP contribution < -0.4 is 0 Å². The standard InChI is InChI=1S/C13H12N2/c1-2-4-11(5-3-1)13-14-8-12(9-15-13)10-6-7-10/h1-5,8-10H,6-7H2. The molecule has 0 N–H and O–H groups in total. The summed E-state index contributed by atoms with van der Waals surface area (Å²) in [6.45, 7) is 0. The summed E-state index contributed by atoms with van der Waals surface area (Å²) in [6.07, 6.45) is 6.53. The Labute approximate surface area is 89.0 Å². The minimum absolute atomic E-state index is 0.731. The highest BCUT2D eigenvalue weighted by molar-refractivity contribution is 5.54. The molecule has 74 valence electrons. The van der Waals surface area contributed by atoms with Gasteiger partial charge in [0.05, 0.1) is 0 Å². The van der Waals surface area contributed by atoms with Gasteiger partial charge in [0.1, 0.15) is 0 Å². The molecule has 0 unspecified atom stereocenters. The fraction of sp³-hybridized carbons (Fsp3) is 0.231. The van der Waals surface area contributed by atoms with Crippen molar-refractivity contribution >= 4 is 0 Å². The highest BCUT2D eigenvalue weighted by Crippen LogP contribution is 2.39. The van der Waals surface area contributed by atoms with Crippen molar-refractivity contribution in [2.24, 2.45) is 0 Å². The van der Waals surface area contributed by atoms with Crippen LogP contribution in [0.5, 0.6) is 0 Å². The first kappa shape index (κ1) is 8.60. The summed E-state index contributed by atoms with van der Waals surface area (Å²) in [7, 11) is 0. The van der Waals surface area contributed by atoms with E-state index in [1.54, 1.807) is 0 Å². The normalized spacial score (nSPS) is 15.2. The summed E-state index contributed by atoms with van der Waals surface area (Å²) in [5, 5.41) is 0.